The number of thiophene rings is 1. The molecule has 0 saturated carbocycles. The molecule has 2 nitrogen and oxygen atoms in total. The molecular formula is C15H18BrNOS. The zero-order valence-electron chi connectivity index (χ0n) is 10.9. The summed E-state index contributed by atoms with van der Waals surface area (Å²) in [5.41, 5.74) is 7.50. The van der Waals surface area contributed by atoms with Gasteiger partial charge in [-0.05, 0) is 39.9 Å². The highest BCUT2D eigenvalue weighted by molar-refractivity contribution is 9.10. The van der Waals surface area contributed by atoms with Gasteiger partial charge in [0.25, 0.3) is 0 Å². The van der Waals surface area contributed by atoms with Crippen LogP contribution in [-0.2, 0) is 11.2 Å². The summed E-state index contributed by atoms with van der Waals surface area (Å²) in [6.45, 7) is 2.67. The van der Waals surface area contributed by atoms with Gasteiger partial charge in [0.2, 0.25) is 0 Å². The van der Waals surface area contributed by atoms with Crippen molar-refractivity contribution in [2.75, 3.05) is 6.61 Å². The first-order valence-electron chi connectivity index (χ1n) is 6.36. The van der Waals surface area contributed by atoms with Crippen LogP contribution in [0.3, 0.4) is 0 Å². The summed E-state index contributed by atoms with van der Waals surface area (Å²) in [6.07, 6.45) is 0.762. The van der Waals surface area contributed by atoms with E-state index < -0.39 is 0 Å². The quantitative estimate of drug-likeness (QED) is 0.857. The van der Waals surface area contributed by atoms with Gasteiger partial charge in [0.1, 0.15) is 0 Å². The van der Waals surface area contributed by atoms with Crippen molar-refractivity contribution in [1.29, 1.82) is 0 Å². The molecule has 102 valence electrons. The standard InChI is InChI=1S/C15H18BrNOS/c1-2-18-15(11-6-4-3-5-7-11)13(17)10-14-12(16)8-9-19-14/h3-9,13,15H,2,10,17H2,1H3. The highest BCUT2D eigenvalue weighted by atomic mass is 79.9. The molecule has 2 unspecified atom stereocenters. The first-order valence-corrected chi connectivity index (χ1v) is 8.03. The van der Waals surface area contributed by atoms with E-state index >= 15 is 0 Å². The predicted octanol–water partition coefficient (Wildman–Crippen LogP) is 4.16. The van der Waals surface area contributed by atoms with Gasteiger partial charge in [-0.2, -0.15) is 0 Å². The number of hydrogen-bond donors (Lipinski definition) is 1. The molecule has 1 aromatic carbocycles. The van der Waals surface area contributed by atoms with Crippen LogP contribution in [0.2, 0.25) is 0 Å². The fourth-order valence-electron chi connectivity index (χ4n) is 2.08. The first-order chi connectivity index (χ1) is 9.22. The molecule has 2 aromatic rings. The van der Waals surface area contributed by atoms with Gasteiger partial charge in [0, 0.05) is 28.4 Å². The van der Waals surface area contributed by atoms with E-state index in [9.17, 15) is 0 Å². The van der Waals surface area contributed by atoms with Gasteiger partial charge in [-0.1, -0.05) is 30.3 Å². The van der Waals surface area contributed by atoms with Crippen LogP contribution in [0, 0.1) is 0 Å². The van der Waals surface area contributed by atoms with Crippen molar-refractivity contribution in [3.63, 3.8) is 0 Å². The molecule has 0 aliphatic carbocycles. The molecule has 0 spiro atoms. The average Bonchev–Trinajstić information content (AvgIpc) is 2.82. The van der Waals surface area contributed by atoms with E-state index in [4.69, 9.17) is 10.5 Å². The Kier molecular flexibility index (Phi) is 5.58. The Balaban J connectivity index is 2.13. The molecule has 0 radical (unpaired) electrons. The monoisotopic (exact) mass is 339 g/mol. The minimum Gasteiger partial charge on any atom is -0.372 e. The topological polar surface area (TPSA) is 35.2 Å². The second-order valence-electron chi connectivity index (χ2n) is 4.35. The number of halogens is 1. The zero-order chi connectivity index (χ0) is 13.7. The lowest BCUT2D eigenvalue weighted by Crippen LogP contribution is -2.32. The van der Waals surface area contributed by atoms with Crippen LogP contribution in [0.5, 0.6) is 0 Å². The fraction of sp³-hybridized carbons (Fsp3) is 0.333. The lowest BCUT2D eigenvalue weighted by atomic mass is 9.99. The predicted molar refractivity (Wildman–Crippen MR) is 84.5 cm³/mol. The maximum absolute atomic E-state index is 6.36. The molecule has 2 N–H and O–H groups in total. The van der Waals surface area contributed by atoms with Crippen molar-refractivity contribution in [2.45, 2.75) is 25.5 Å². The Labute approximate surface area is 126 Å². The van der Waals surface area contributed by atoms with Crippen molar-refractivity contribution in [3.8, 4) is 0 Å². The molecule has 1 aromatic heterocycles. The summed E-state index contributed by atoms with van der Waals surface area (Å²) in [7, 11) is 0. The molecule has 4 heteroatoms. The van der Waals surface area contributed by atoms with Gasteiger partial charge in [-0.25, -0.2) is 0 Å². The Bertz CT molecular complexity index is 500. The second-order valence-corrected chi connectivity index (χ2v) is 6.20. The highest BCUT2D eigenvalue weighted by Gasteiger charge is 2.21. The summed E-state index contributed by atoms with van der Waals surface area (Å²) in [5, 5.41) is 2.07. The molecule has 19 heavy (non-hydrogen) atoms. The van der Waals surface area contributed by atoms with Gasteiger partial charge in [-0.3, -0.25) is 0 Å². The molecule has 0 aliphatic heterocycles. The van der Waals surface area contributed by atoms with Crippen LogP contribution in [0.1, 0.15) is 23.5 Å². The molecule has 0 saturated heterocycles. The molecule has 0 aliphatic rings. The van der Waals surface area contributed by atoms with Crippen LogP contribution >= 0.6 is 27.3 Å². The third kappa shape index (κ3) is 3.89. The lowest BCUT2D eigenvalue weighted by Gasteiger charge is -2.24. The smallest absolute Gasteiger partial charge is 0.0979 e. The van der Waals surface area contributed by atoms with E-state index in [2.05, 4.69) is 39.5 Å². The van der Waals surface area contributed by atoms with E-state index in [1.54, 1.807) is 11.3 Å². The van der Waals surface area contributed by atoms with E-state index in [1.165, 1.54) is 4.88 Å². The number of rotatable bonds is 6. The summed E-state index contributed by atoms with van der Waals surface area (Å²) in [5.74, 6) is 0. The first kappa shape index (κ1) is 14.7. The largest absolute Gasteiger partial charge is 0.372 e. The van der Waals surface area contributed by atoms with E-state index in [0.29, 0.717) is 6.61 Å². The summed E-state index contributed by atoms with van der Waals surface area (Å²) >= 11 is 5.28. The van der Waals surface area contributed by atoms with Crippen LogP contribution in [0.15, 0.2) is 46.3 Å². The van der Waals surface area contributed by atoms with Crippen molar-refractivity contribution < 1.29 is 4.74 Å². The van der Waals surface area contributed by atoms with Crippen molar-refractivity contribution >= 4 is 27.3 Å². The molecule has 2 rings (SSSR count). The normalized spacial score (nSPS) is 14.3. The van der Waals surface area contributed by atoms with Gasteiger partial charge < -0.3 is 10.5 Å². The molecule has 2 atom stereocenters. The van der Waals surface area contributed by atoms with E-state index in [-0.39, 0.29) is 12.1 Å². The number of ether oxygens (including phenoxy) is 1. The van der Waals surface area contributed by atoms with Crippen LogP contribution in [0.4, 0.5) is 0 Å². The maximum Gasteiger partial charge on any atom is 0.0979 e. The summed E-state index contributed by atoms with van der Waals surface area (Å²) in [6, 6.07) is 12.2. The Morgan fingerprint density at radius 1 is 1.26 bits per heavy atom. The Morgan fingerprint density at radius 3 is 2.58 bits per heavy atom. The minimum absolute atomic E-state index is 0.0442. The number of benzene rings is 1. The number of nitrogens with two attached hydrogens (primary N) is 1. The zero-order valence-corrected chi connectivity index (χ0v) is 13.3. The van der Waals surface area contributed by atoms with Crippen LogP contribution in [0.25, 0.3) is 0 Å². The highest BCUT2D eigenvalue weighted by Crippen LogP contribution is 2.28. The molecule has 1 heterocycles. The molecule has 0 amide bonds. The fourth-order valence-corrected chi connectivity index (χ4v) is 3.67. The van der Waals surface area contributed by atoms with Crippen LogP contribution in [-0.4, -0.2) is 12.6 Å². The van der Waals surface area contributed by atoms with Crippen molar-refractivity contribution in [2.24, 2.45) is 5.73 Å². The third-order valence-corrected chi connectivity index (χ3v) is 4.92. The van der Waals surface area contributed by atoms with Crippen LogP contribution < -0.4 is 5.73 Å². The summed E-state index contributed by atoms with van der Waals surface area (Å²) < 4.78 is 6.98. The average molecular weight is 340 g/mol. The third-order valence-electron chi connectivity index (χ3n) is 2.98. The van der Waals surface area contributed by atoms with Gasteiger partial charge >= 0.3 is 0 Å². The second kappa shape index (κ2) is 7.20. The molecule has 0 bridgehead atoms. The van der Waals surface area contributed by atoms with Gasteiger partial charge in [0.05, 0.1) is 6.10 Å². The van der Waals surface area contributed by atoms with Gasteiger partial charge in [0.15, 0.2) is 0 Å². The van der Waals surface area contributed by atoms with E-state index in [0.717, 1.165) is 16.5 Å². The minimum atomic E-state index is -0.0554. The lowest BCUT2D eigenvalue weighted by molar-refractivity contribution is 0.0435. The van der Waals surface area contributed by atoms with Gasteiger partial charge in [-0.15, -0.1) is 11.3 Å². The molecular weight excluding hydrogens is 322 g/mol. The van der Waals surface area contributed by atoms with Crippen molar-refractivity contribution in [1.82, 2.24) is 0 Å². The Morgan fingerprint density at radius 2 is 2.00 bits per heavy atom. The maximum atomic E-state index is 6.36. The molecule has 0 fully saturated rings. The van der Waals surface area contributed by atoms with E-state index in [1.807, 2.05) is 25.1 Å². The number of hydrogen-bond acceptors (Lipinski definition) is 3. The van der Waals surface area contributed by atoms with Crippen molar-refractivity contribution in [3.05, 3.63) is 56.7 Å². The Hall–Kier alpha value is -0.680. The SMILES string of the molecule is CCOC(c1ccccc1)C(N)Cc1sccc1Br. The summed E-state index contributed by atoms with van der Waals surface area (Å²) in [4.78, 5) is 1.27.